The van der Waals surface area contributed by atoms with Gasteiger partial charge in [0.15, 0.2) is 11.6 Å². The molecule has 0 fully saturated rings. The second kappa shape index (κ2) is 6.94. The Morgan fingerprint density at radius 1 is 1.14 bits per heavy atom. The van der Waals surface area contributed by atoms with Gasteiger partial charge in [0.1, 0.15) is 0 Å². The summed E-state index contributed by atoms with van der Waals surface area (Å²) >= 11 is 0. The van der Waals surface area contributed by atoms with Gasteiger partial charge >= 0.3 is 0 Å². The van der Waals surface area contributed by atoms with E-state index in [1.807, 2.05) is 47.4 Å². The molecule has 0 radical (unpaired) electrons. The quantitative estimate of drug-likeness (QED) is 0.595. The Hall–Kier alpha value is -3.45. The molecule has 1 N–H and O–H groups in total. The Balaban J connectivity index is 1.34. The number of H-pyrrole nitrogens is 1. The van der Waals surface area contributed by atoms with Crippen LogP contribution in [0.4, 0.5) is 0 Å². The number of rotatable bonds is 4. The summed E-state index contributed by atoms with van der Waals surface area (Å²) in [6.07, 6.45) is 6.23. The van der Waals surface area contributed by atoms with Crippen LogP contribution in [0.15, 0.2) is 70.3 Å². The Kier molecular flexibility index (Phi) is 4.14. The Morgan fingerprint density at radius 2 is 2.04 bits per heavy atom. The maximum atomic E-state index is 12.6. The van der Waals surface area contributed by atoms with E-state index in [-0.39, 0.29) is 5.56 Å². The van der Waals surface area contributed by atoms with Gasteiger partial charge in [-0.3, -0.25) is 9.69 Å². The minimum absolute atomic E-state index is 0.0962. The summed E-state index contributed by atoms with van der Waals surface area (Å²) in [5.41, 5.74) is 3.64. The molecular formula is C21H19N5O2. The van der Waals surface area contributed by atoms with Gasteiger partial charge in [0, 0.05) is 37.8 Å². The normalized spacial score (nSPS) is 14.1. The van der Waals surface area contributed by atoms with E-state index in [9.17, 15) is 4.79 Å². The first-order valence-electron chi connectivity index (χ1n) is 9.23. The summed E-state index contributed by atoms with van der Waals surface area (Å²) < 4.78 is 7.22. The van der Waals surface area contributed by atoms with Crippen LogP contribution < -0.4 is 5.56 Å². The van der Waals surface area contributed by atoms with Crippen molar-refractivity contribution in [3.8, 4) is 17.3 Å². The lowest BCUT2D eigenvalue weighted by Crippen LogP contribution is -2.35. The van der Waals surface area contributed by atoms with E-state index < -0.39 is 0 Å². The molecule has 4 aromatic rings. The van der Waals surface area contributed by atoms with Gasteiger partial charge in [0.2, 0.25) is 0 Å². The molecule has 0 bridgehead atoms. The molecule has 0 amide bonds. The first-order valence-corrected chi connectivity index (χ1v) is 9.23. The van der Waals surface area contributed by atoms with E-state index >= 15 is 0 Å². The molecule has 0 aliphatic carbocycles. The second-order valence-electron chi connectivity index (χ2n) is 6.91. The summed E-state index contributed by atoms with van der Waals surface area (Å²) in [6.45, 7) is 2.16. The summed E-state index contributed by atoms with van der Waals surface area (Å²) in [5.74, 6) is 1.07. The highest BCUT2D eigenvalue weighted by atomic mass is 16.3. The van der Waals surface area contributed by atoms with E-state index in [1.54, 1.807) is 18.4 Å². The Labute approximate surface area is 161 Å². The van der Waals surface area contributed by atoms with Crippen LogP contribution in [0.1, 0.15) is 16.8 Å². The molecule has 4 heterocycles. The fraction of sp³-hybridized carbons (Fsp3) is 0.190. The molecule has 140 valence electrons. The van der Waals surface area contributed by atoms with Gasteiger partial charge in [-0.1, -0.05) is 18.2 Å². The highest BCUT2D eigenvalue weighted by Gasteiger charge is 2.22. The molecule has 0 saturated heterocycles. The van der Waals surface area contributed by atoms with E-state index in [2.05, 4.69) is 20.0 Å². The van der Waals surface area contributed by atoms with E-state index in [0.29, 0.717) is 18.1 Å². The fourth-order valence-corrected chi connectivity index (χ4v) is 3.57. The number of hydrogen-bond acceptors (Lipinski definition) is 5. The van der Waals surface area contributed by atoms with E-state index in [1.165, 1.54) is 0 Å². The summed E-state index contributed by atoms with van der Waals surface area (Å²) in [5, 5.41) is 4.45. The minimum atomic E-state index is -0.0962. The standard InChI is InChI=1S/C21H19N5O2/c27-21-17-14-25(9-8-18(17)23-20(24-21)19-7-4-10-28-19)12-15-11-22-26(13-15)16-5-2-1-3-6-16/h1-7,10-11,13H,8-9,12,14H2,(H,23,24,27). The third-order valence-corrected chi connectivity index (χ3v) is 4.97. The van der Waals surface area contributed by atoms with Gasteiger partial charge < -0.3 is 9.40 Å². The van der Waals surface area contributed by atoms with Gasteiger partial charge in [-0.15, -0.1) is 0 Å². The number of furan rings is 1. The van der Waals surface area contributed by atoms with Crippen molar-refractivity contribution in [2.24, 2.45) is 0 Å². The molecule has 0 spiro atoms. The van der Waals surface area contributed by atoms with Crippen molar-refractivity contribution in [3.63, 3.8) is 0 Å². The van der Waals surface area contributed by atoms with Gasteiger partial charge in [-0.2, -0.15) is 5.10 Å². The number of benzene rings is 1. The van der Waals surface area contributed by atoms with Crippen molar-refractivity contribution >= 4 is 0 Å². The number of aromatic amines is 1. The van der Waals surface area contributed by atoms with E-state index in [4.69, 9.17) is 4.42 Å². The maximum Gasteiger partial charge on any atom is 0.256 e. The van der Waals surface area contributed by atoms with Crippen LogP contribution in [0.3, 0.4) is 0 Å². The monoisotopic (exact) mass is 373 g/mol. The van der Waals surface area contributed by atoms with Crippen LogP contribution in [-0.4, -0.2) is 31.2 Å². The second-order valence-corrected chi connectivity index (χ2v) is 6.91. The van der Waals surface area contributed by atoms with Crippen molar-refractivity contribution in [3.05, 3.63) is 88.3 Å². The number of para-hydroxylation sites is 1. The molecule has 1 aliphatic heterocycles. The van der Waals surface area contributed by atoms with Crippen molar-refractivity contribution in [2.45, 2.75) is 19.5 Å². The zero-order chi connectivity index (χ0) is 18.9. The maximum absolute atomic E-state index is 12.6. The van der Waals surface area contributed by atoms with Crippen molar-refractivity contribution in [1.82, 2.24) is 24.6 Å². The van der Waals surface area contributed by atoms with Gasteiger partial charge in [-0.05, 0) is 24.3 Å². The van der Waals surface area contributed by atoms with Crippen LogP contribution in [-0.2, 0) is 19.5 Å². The smallest absolute Gasteiger partial charge is 0.256 e. The molecule has 0 unspecified atom stereocenters. The topological polar surface area (TPSA) is 80.0 Å². The first kappa shape index (κ1) is 16.7. The number of nitrogens with one attached hydrogen (secondary N) is 1. The summed E-state index contributed by atoms with van der Waals surface area (Å²) in [7, 11) is 0. The Morgan fingerprint density at radius 3 is 2.86 bits per heavy atom. The van der Waals surface area contributed by atoms with Crippen molar-refractivity contribution in [2.75, 3.05) is 6.54 Å². The molecule has 7 nitrogen and oxygen atoms in total. The zero-order valence-corrected chi connectivity index (χ0v) is 15.2. The highest BCUT2D eigenvalue weighted by Crippen LogP contribution is 2.20. The fourth-order valence-electron chi connectivity index (χ4n) is 3.57. The van der Waals surface area contributed by atoms with Gasteiger partial charge in [0.25, 0.3) is 5.56 Å². The lowest BCUT2D eigenvalue weighted by Gasteiger charge is -2.27. The molecule has 0 atom stereocenters. The van der Waals surface area contributed by atoms with Gasteiger partial charge in [0.05, 0.1) is 29.4 Å². The molecule has 5 rings (SSSR count). The lowest BCUT2D eigenvalue weighted by atomic mass is 10.1. The van der Waals surface area contributed by atoms with Gasteiger partial charge in [-0.25, -0.2) is 9.67 Å². The summed E-state index contributed by atoms with van der Waals surface area (Å²) in [4.78, 5) is 22.3. The SMILES string of the molecule is O=c1[nH]c(-c2ccco2)nc2c1CN(Cc1cnn(-c3ccccc3)c1)CC2. The van der Waals surface area contributed by atoms with Crippen molar-refractivity contribution in [1.29, 1.82) is 0 Å². The molecule has 28 heavy (non-hydrogen) atoms. The summed E-state index contributed by atoms with van der Waals surface area (Å²) in [6, 6.07) is 13.6. The average molecular weight is 373 g/mol. The highest BCUT2D eigenvalue weighted by molar-refractivity contribution is 5.47. The molecule has 3 aromatic heterocycles. The minimum Gasteiger partial charge on any atom is -0.461 e. The predicted octanol–water partition coefficient (Wildman–Crippen LogP) is 2.77. The van der Waals surface area contributed by atoms with Crippen LogP contribution in [0.5, 0.6) is 0 Å². The average Bonchev–Trinajstić information content (AvgIpc) is 3.41. The zero-order valence-electron chi connectivity index (χ0n) is 15.2. The first-order chi connectivity index (χ1) is 13.8. The van der Waals surface area contributed by atoms with Crippen LogP contribution in [0, 0.1) is 0 Å². The largest absolute Gasteiger partial charge is 0.461 e. The number of aromatic nitrogens is 4. The Bertz CT molecular complexity index is 1150. The van der Waals surface area contributed by atoms with Crippen molar-refractivity contribution < 1.29 is 4.42 Å². The van der Waals surface area contributed by atoms with Crippen LogP contribution >= 0.6 is 0 Å². The molecular weight excluding hydrogens is 354 g/mol. The molecule has 1 aliphatic rings. The third-order valence-electron chi connectivity index (χ3n) is 4.97. The lowest BCUT2D eigenvalue weighted by molar-refractivity contribution is 0.242. The predicted molar refractivity (Wildman–Crippen MR) is 104 cm³/mol. The number of fused-ring (bicyclic) bond motifs is 1. The van der Waals surface area contributed by atoms with E-state index in [0.717, 1.165) is 42.0 Å². The third kappa shape index (κ3) is 3.16. The molecule has 7 heteroatoms. The number of nitrogens with zero attached hydrogens (tertiary/aromatic N) is 4. The number of hydrogen-bond donors (Lipinski definition) is 1. The van der Waals surface area contributed by atoms with Crippen LogP contribution in [0.25, 0.3) is 17.3 Å². The molecule has 1 aromatic carbocycles. The molecule has 0 saturated carbocycles. The van der Waals surface area contributed by atoms with Crippen LogP contribution in [0.2, 0.25) is 0 Å².